The van der Waals surface area contributed by atoms with E-state index in [0.717, 1.165) is 25.9 Å². The van der Waals surface area contributed by atoms with Crippen LogP contribution in [0.5, 0.6) is 0 Å². The monoisotopic (exact) mass is 273 g/mol. The zero-order valence-corrected chi connectivity index (χ0v) is 12.9. The molecule has 1 aromatic rings. The lowest BCUT2D eigenvalue weighted by Gasteiger charge is -2.29. The van der Waals surface area contributed by atoms with Gasteiger partial charge in [0.25, 0.3) is 0 Å². The summed E-state index contributed by atoms with van der Waals surface area (Å²) in [6.45, 7) is 8.74. The van der Waals surface area contributed by atoms with Crippen molar-refractivity contribution in [2.24, 2.45) is 11.5 Å². The van der Waals surface area contributed by atoms with Crippen LogP contribution in [-0.2, 0) is 5.41 Å². The van der Waals surface area contributed by atoms with E-state index in [4.69, 9.17) is 11.5 Å². The summed E-state index contributed by atoms with van der Waals surface area (Å²) in [6.07, 6.45) is 3.93. The van der Waals surface area contributed by atoms with Crippen LogP contribution in [-0.4, -0.2) is 19.3 Å². The Morgan fingerprint density at radius 2 is 1.80 bits per heavy atom. The van der Waals surface area contributed by atoms with Crippen molar-refractivity contribution in [3.8, 4) is 0 Å². The number of anilines is 1. The molecule has 2 rings (SSSR count). The number of rotatable bonds is 3. The van der Waals surface area contributed by atoms with Crippen LogP contribution < -0.4 is 16.4 Å². The molecule has 110 valence electrons. The standard InChI is InChI=1S/C17H27N3/c1-17(2,3)14-4-6-15(7-5-14)20-10-8-13(9-11-20)12-16(18)19/h4-8,16H,9-12,18-19H2,1-3H3. The van der Waals surface area contributed by atoms with Crippen molar-refractivity contribution in [1.82, 2.24) is 0 Å². The predicted molar refractivity (Wildman–Crippen MR) is 86.8 cm³/mol. The highest BCUT2D eigenvalue weighted by Gasteiger charge is 2.16. The third kappa shape index (κ3) is 3.84. The van der Waals surface area contributed by atoms with Gasteiger partial charge in [-0.1, -0.05) is 44.6 Å². The van der Waals surface area contributed by atoms with Gasteiger partial charge in [0.15, 0.2) is 0 Å². The quantitative estimate of drug-likeness (QED) is 0.657. The maximum absolute atomic E-state index is 5.65. The summed E-state index contributed by atoms with van der Waals surface area (Å²) >= 11 is 0. The summed E-state index contributed by atoms with van der Waals surface area (Å²) in [4.78, 5) is 2.40. The van der Waals surface area contributed by atoms with Crippen molar-refractivity contribution in [3.05, 3.63) is 41.5 Å². The fraction of sp³-hybridized carbons (Fsp3) is 0.529. The fourth-order valence-electron chi connectivity index (χ4n) is 2.61. The van der Waals surface area contributed by atoms with Gasteiger partial charge >= 0.3 is 0 Å². The molecular formula is C17H27N3. The first-order chi connectivity index (χ1) is 9.36. The second kappa shape index (κ2) is 5.98. The van der Waals surface area contributed by atoms with E-state index in [1.54, 1.807) is 0 Å². The molecule has 1 heterocycles. The highest BCUT2D eigenvalue weighted by atomic mass is 15.1. The maximum Gasteiger partial charge on any atom is 0.0559 e. The molecule has 1 aromatic carbocycles. The Labute approximate surface area is 122 Å². The van der Waals surface area contributed by atoms with Gasteiger partial charge in [0.2, 0.25) is 0 Å². The molecule has 0 unspecified atom stereocenters. The molecule has 0 bridgehead atoms. The minimum atomic E-state index is -0.223. The Bertz CT molecular complexity index is 466. The fourth-order valence-corrected chi connectivity index (χ4v) is 2.61. The molecular weight excluding hydrogens is 246 g/mol. The Morgan fingerprint density at radius 3 is 2.25 bits per heavy atom. The Balaban J connectivity index is 2.02. The molecule has 3 heteroatoms. The molecule has 0 saturated carbocycles. The Morgan fingerprint density at radius 1 is 1.15 bits per heavy atom. The van der Waals surface area contributed by atoms with E-state index in [2.05, 4.69) is 56.0 Å². The number of hydrogen-bond acceptors (Lipinski definition) is 3. The van der Waals surface area contributed by atoms with Gasteiger partial charge < -0.3 is 16.4 Å². The van der Waals surface area contributed by atoms with Gasteiger partial charge in [0.05, 0.1) is 6.17 Å². The lowest BCUT2D eigenvalue weighted by molar-refractivity contribution is 0.590. The van der Waals surface area contributed by atoms with Gasteiger partial charge in [-0.25, -0.2) is 0 Å². The van der Waals surface area contributed by atoms with Gasteiger partial charge in [-0.3, -0.25) is 0 Å². The molecule has 4 N–H and O–H groups in total. The van der Waals surface area contributed by atoms with Crippen molar-refractivity contribution in [2.75, 3.05) is 18.0 Å². The Hall–Kier alpha value is -1.32. The third-order valence-corrected chi connectivity index (χ3v) is 3.90. The minimum absolute atomic E-state index is 0.213. The van der Waals surface area contributed by atoms with Crippen LogP contribution in [0.25, 0.3) is 0 Å². The normalized spacial score (nSPS) is 16.5. The predicted octanol–water partition coefficient (Wildman–Crippen LogP) is 2.75. The summed E-state index contributed by atoms with van der Waals surface area (Å²) < 4.78 is 0. The highest BCUT2D eigenvalue weighted by Crippen LogP contribution is 2.26. The molecule has 1 aliphatic rings. The first kappa shape index (κ1) is 15.1. The molecule has 0 atom stereocenters. The molecule has 1 aliphatic heterocycles. The van der Waals surface area contributed by atoms with Crippen LogP contribution in [0.4, 0.5) is 5.69 Å². The zero-order valence-electron chi connectivity index (χ0n) is 12.9. The summed E-state index contributed by atoms with van der Waals surface area (Å²) in [5.74, 6) is 0. The number of nitrogens with two attached hydrogens (primary N) is 2. The SMILES string of the molecule is CC(C)(C)c1ccc(N2CC=C(CC(N)N)CC2)cc1. The van der Waals surface area contributed by atoms with E-state index < -0.39 is 0 Å². The topological polar surface area (TPSA) is 55.3 Å². The lowest BCUT2D eigenvalue weighted by atomic mass is 9.87. The van der Waals surface area contributed by atoms with Gasteiger partial charge in [-0.05, 0) is 36.0 Å². The smallest absolute Gasteiger partial charge is 0.0559 e. The van der Waals surface area contributed by atoms with Crippen molar-refractivity contribution in [3.63, 3.8) is 0 Å². The van der Waals surface area contributed by atoms with Crippen LogP contribution in [0.1, 0.15) is 39.2 Å². The van der Waals surface area contributed by atoms with Crippen LogP contribution in [0.3, 0.4) is 0 Å². The van der Waals surface area contributed by atoms with E-state index >= 15 is 0 Å². The second-order valence-electron chi connectivity index (χ2n) is 6.72. The zero-order chi connectivity index (χ0) is 14.8. The summed E-state index contributed by atoms with van der Waals surface area (Å²) in [6, 6.07) is 8.94. The molecule has 3 nitrogen and oxygen atoms in total. The Kier molecular flexibility index (Phi) is 4.51. The van der Waals surface area contributed by atoms with E-state index in [1.165, 1.54) is 16.8 Å². The first-order valence-corrected chi connectivity index (χ1v) is 7.41. The van der Waals surface area contributed by atoms with E-state index in [9.17, 15) is 0 Å². The van der Waals surface area contributed by atoms with Crippen LogP contribution >= 0.6 is 0 Å². The van der Waals surface area contributed by atoms with Gasteiger partial charge in [-0.2, -0.15) is 0 Å². The van der Waals surface area contributed by atoms with E-state index in [0.29, 0.717) is 0 Å². The van der Waals surface area contributed by atoms with Crippen molar-refractivity contribution < 1.29 is 0 Å². The van der Waals surface area contributed by atoms with E-state index in [1.807, 2.05) is 0 Å². The molecule has 0 amide bonds. The molecule has 0 fully saturated rings. The lowest BCUT2D eigenvalue weighted by Crippen LogP contribution is -2.34. The molecule has 0 aromatic heterocycles. The van der Waals surface area contributed by atoms with E-state index in [-0.39, 0.29) is 11.6 Å². The summed E-state index contributed by atoms with van der Waals surface area (Å²) in [7, 11) is 0. The molecule has 0 spiro atoms. The van der Waals surface area contributed by atoms with Crippen LogP contribution in [0.2, 0.25) is 0 Å². The molecule has 0 aliphatic carbocycles. The summed E-state index contributed by atoms with van der Waals surface area (Å²) in [5, 5.41) is 0. The van der Waals surface area contributed by atoms with Gasteiger partial charge in [0.1, 0.15) is 0 Å². The summed E-state index contributed by atoms with van der Waals surface area (Å²) in [5.41, 5.74) is 15.6. The van der Waals surface area contributed by atoms with Gasteiger partial charge in [-0.15, -0.1) is 0 Å². The molecule has 0 radical (unpaired) electrons. The van der Waals surface area contributed by atoms with Crippen LogP contribution in [0.15, 0.2) is 35.9 Å². The third-order valence-electron chi connectivity index (χ3n) is 3.90. The number of hydrogen-bond donors (Lipinski definition) is 2. The highest BCUT2D eigenvalue weighted by molar-refractivity contribution is 5.50. The molecule has 0 saturated heterocycles. The van der Waals surface area contributed by atoms with Gasteiger partial charge in [0, 0.05) is 18.8 Å². The number of benzene rings is 1. The van der Waals surface area contributed by atoms with Crippen molar-refractivity contribution >= 4 is 5.69 Å². The largest absolute Gasteiger partial charge is 0.367 e. The number of nitrogens with zero attached hydrogens (tertiary/aromatic N) is 1. The average molecular weight is 273 g/mol. The van der Waals surface area contributed by atoms with Crippen molar-refractivity contribution in [1.29, 1.82) is 0 Å². The average Bonchev–Trinajstić information content (AvgIpc) is 2.38. The van der Waals surface area contributed by atoms with Crippen molar-refractivity contribution in [2.45, 2.75) is 45.2 Å². The van der Waals surface area contributed by atoms with Crippen LogP contribution in [0, 0.1) is 0 Å². The first-order valence-electron chi connectivity index (χ1n) is 7.41. The molecule has 20 heavy (non-hydrogen) atoms. The minimum Gasteiger partial charge on any atom is -0.367 e. The maximum atomic E-state index is 5.65. The second-order valence-corrected chi connectivity index (χ2v) is 6.72.